The number of nitrogens with two attached hydrogens (primary N) is 1. The van der Waals surface area contributed by atoms with Crippen LogP contribution >= 0.6 is 11.6 Å². The quantitative estimate of drug-likeness (QED) is 0.681. The van der Waals surface area contributed by atoms with Crippen LogP contribution in [0.5, 0.6) is 0 Å². The highest BCUT2D eigenvalue weighted by Gasteiger charge is 2.11. The second-order valence-corrected chi connectivity index (χ2v) is 4.34. The molecule has 2 aromatic heterocycles. The lowest BCUT2D eigenvalue weighted by molar-refractivity contribution is 0.913. The zero-order chi connectivity index (χ0) is 12.7. The Balaban J connectivity index is 2.36. The van der Waals surface area contributed by atoms with Crippen LogP contribution in [0.4, 0.5) is 5.82 Å². The number of anilines is 1. The number of hydrogen-bond acceptors (Lipinski definition) is 4. The average Bonchev–Trinajstić information content (AvgIpc) is 2.74. The lowest BCUT2D eigenvalue weighted by Gasteiger charge is -2.06. The number of nitrogens with zero attached hydrogens (tertiary/aromatic N) is 4. The van der Waals surface area contributed by atoms with Crippen molar-refractivity contribution >= 4 is 28.3 Å². The maximum Gasteiger partial charge on any atom is 0.224 e. The summed E-state index contributed by atoms with van der Waals surface area (Å²) in [5.74, 6) is 0.367. The van der Waals surface area contributed by atoms with Crippen LogP contribution in [0.25, 0.3) is 22.2 Å². The molecule has 0 aliphatic rings. The standard InChI is InChI=1S/C12H10ClN5/c1-18-5-9(15-6-18)7-3-2-4-8-10(7)11(14)17-12(13)16-8/h2-6H,1H3,(H2,14,16,17). The summed E-state index contributed by atoms with van der Waals surface area (Å²) in [4.78, 5) is 12.5. The van der Waals surface area contributed by atoms with E-state index in [1.165, 1.54) is 0 Å². The van der Waals surface area contributed by atoms with Crippen LogP contribution in [-0.2, 0) is 7.05 Å². The maximum absolute atomic E-state index is 5.93. The van der Waals surface area contributed by atoms with Gasteiger partial charge >= 0.3 is 0 Å². The highest BCUT2D eigenvalue weighted by molar-refractivity contribution is 6.29. The molecule has 2 N–H and O–H groups in total. The number of imidazole rings is 1. The Labute approximate surface area is 108 Å². The topological polar surface area (TPSA) is 69.6 Å². The second-order valence-electron chi connectivity index (χ2n) is 4.00. The van der Waals surface area contributed by atoms with Gasteiger partial charge in [-0.2, -0.15) is 0 Å². The van der Waals surface area contributed by atoms with Gasteiger partial charge in [-0.1, -0.05) is 12.1 Å². The molecule has 3 aromatic rings. The molecule has 0 bridgehead atoms. The van der Waals surface area contributed by atoms with Gasteiger partial charge in [-0.25, -0.2) is 15.0 Å². The van der Waals surface area contributed by atoms with E-state index in [2.05, 4.69) is 15.0 Å². The predicted molar refractivity (Wildman–Crippen MR) is 71.2 cm³/mol. The molecule has 0 aliphatic carbocycles. The molecule has 0 spiro atoms. The molecule has 6 heteroatoms. The number of halogens is 1. The minimum absolute atomic E-state index is 0.151. The van der Waals surface area contributed by atoms with E-state index in [-0.39, 0.29) is 5.28 Å². The largest absolute Gasteiger partial charge is 0.383 e. The van der Waals surface area contributed by atoms with Gasteiger partial charge in [0.15, 0.2) is 0 Å². The minimum Gasteiger partial charge on any atom is -0.383 e. The van der Waals surface area contributed by atoms with Crippen molar-refractivity contribution < 1.29 is 0 Å². The van der Waals surface area contributed by atoms with E-state index in [1.54, 1.807) is 6.33 Å². The van der Waals surface area contributed by atoms with Gasteiger partial charge in [0.05, 0.1) is 22.9 Å². The molecule has 0 aliphatic heterocycles. The molecular formula is C12H10ClN5. The SMILES string of the molecule is Cn1cnc(-c2cccc3nc(Cl)nc(N)c23)c1. The Hall–Kier alpha value is -2.14. The summed E-state index contributed by atoms with van der Waals surface area (Å²) in [6, 6.07) is 5.69. The van der Waals surface area contributed by atoms with Crippen LogP contribution in [0.15, 0.2) is 30.7 Å². The zero-order valence-electron chi connectivity index (χ0n) is 9.63. The highest BCUT2D eigenvalue weighted by Crippen LogP contribution is 2.30. The normalized spacial score (nSPS) is 11.0. The Morgan fingerprint density at radius 3 is 2.83 bits per heavy atom. The van der Waals surface area contributed by atoms with Gasteiger partial charge in [0.2, 0.25) is 5.28 Å². The van der Waals surface area contributed by atoms with E-state index in [4.69, 9.17) is 17.3 Å². The van der Waals surface area contributed by atoms with Crippen LogP contribution in [0, 0.1) is 0 Å². The zero-order valence-corrected chi connectivity index (χ0v) is 10.4. The molecular weight excluding hydrogens is 250 g/mol. The lowest BCUT2D eigenvalue weighted by atomic mass is 10.1. The molecule has 0 atom stereocenters. The van der Waals surface area contributed by atoms with Crippen molar-refractivity contribution in [2.45, 2.75) is 0 Å². The second kappa shape index (κ2) is 3.96. The molecule has 3 rings (SSSR count). The number of nitrogen functional groups attached to an aromatic ring is 1. The predicted octanol–water partition coefficient (Wildman–Crippen LogP) is 2.27. The Morgan fingerprint density at radius 2 is 2.11 bits per heavy atom. The van der Waals surface area contributed by atoms with Gasteiger partial charge < -0.3 is 10.3 Å². The molecule has 0 amide bonds. The number of hydrogen-bond donors (Lipinski definition) is 1. The molecule has 1 aromatic carbocycles. The molecule has 18 heavy (non-hydrogen) atoms. The lowest BCUT2D eigenvalue weighted by Crippen LogP contribution is -1.96. The first-order chi connectivity index (χ1) is 8.65. The number of benzene rings is 1. The van der Waals surface area contributed by atoms with E-state index >= 15 is 0 Å². The molecule has 0 saturated carbocycles. The first-order valence-electron chi connectivity index (χ1n) is 5.35. The van der Waals surface area contributed by atoms with E-state index in [0.717, 1.165) is 22.2 Å². The summed E-state index contributed by atoms with van der Waals surface area (Å²) >= 11 is 5.80. The van der Waals surface area contributed by atoms with E-state index in [0.29, 0.717) is 5.82 Å². The van der Waals surface area contributed by atoms with E-state index in [1.807, 2.05) is 36.0 Å². The summed E-state index contributed by atoms with van der Waals surface area (Å²) in [6.45, 7) is 0. The molecule has 5 nitrogen and oxygen atoms in total. The Bertz CT molecular complexity index is 734. The molecule has 0 saturated heterocycles. The highest BCUT2D eigenvalue weighted by atomic mass is 35.5. The van der Waals surface area contributed by atoms with Crippen LogP contribution in [-0.4, -0.2) is 19.5 Å². The maximum atomic E-state index is 5.93. The molecule has 90 valence electrons. The van der Waals surface area contributed by atoms with E-state index in [9.17, 15) is 0 Å². The minimum atomic E-state index is 0.151. The molecule has 2 heterocycles. The number of aromatic nitrogens is 4. The third-order valence-corrected chi connectivity index (χ3v) is 2.87. The number of rotatable bonds is 1. The summed E-state index contributed by atoms with van der Waals surface area (Å²) in [5.41, 5.74) is 8.39. The van der Waals surface area contributed by atoms with Gasteiger partial charge in [-0.05, 0) is 17.7 Å². The fraction of sp³-hybridized carbons (Fsp3) is 0.0833. The summed E-state index contributed by atoms with van der Waals surface area (Å²) < 4.78 is 1.88. The molecule has 0 fully saturated rings. The number of fused-ring (bicyclic) bond motifs is 1. The third-order valence-electron chi connectivity index (χ3n) is 2.70. The van der Waals surface area contributed by atoms with E-state index < -0.39 is 0 Å². The molecule has 0 radical (unpaired) electrons. The first-order valence-corrected chi connectivity index (χ1v) is 5.73. The van der Waals surface area contributed by atoms with Gasteiger partial charge in [0.25, 0.3) is 0 Å². The third kappa shape index (κ3) is 1.69. The van der Waals surface area contributed by atoms with Crippen LogP contribution in [0.2, 0.25) is 5.28 Å². The van der Waals surface area contributed by atoms with Crippen molar-refractivity contribution in [1.29, 1.82) is 0 Å². The van der Waals surface area contributed by atoms with Crippen LogP contribution in [0.1, 0.15) is 0 Å². The molecule has 0 unspecified atom stereocenters. The summed E-state index contributed by atoms with van der Waals surface area (Å²) in [5, 5.41) is 0.929. The van der Waals surface area contributed by atoms with Gasteiger partial charge in [0.1, 0.15) is 5.82 Å². The average molecular weight is 260 g/mol. The first kappa shape index (κ1) is 11.0. The van der Waals surface area contributed by atoms with Crippen molar-refractivity contribution in [3.8, 4) is 11.3 Å². The van der Waals surface area contributed by atoms with Crippen molar-refractivity contribution in [2.75, 3.05) is 5.73 Å². The Kier molecular flexibility index (Phi) is 2.41. The smallest absolute Gasteiger partial charge is 0.224 e. The fourth-order valence-electron chi connectivity index (χ4n) is 1.95. The summed E-state index contributed by atoms with van der Waals surface area (Å²) in [7, 11) is 1.92. The van der Waals surface area contributed by atoms with Crippen molar-refractivity contribution in [3.05, 3.63) is 36.0 Å². The fourth-order valence-corrected chi connectivity index (χ4v) is 2.13. The Morgan fingerprint density at radius 1 is 1.28 bits per heavy atom. The van der Waals surface area contributed by atoms with Crippen molar-refractivity contribution in [1.82, 2.24) is 19.5 Å². The van der Waals surface area contributed by atoms with Crippen LogP contribution < -0.4 is 5.73 Å². The number of aryl methyl sites for hydroxylation is 1. The van der Waals surface area contributed by atoms with Crippen molar-refractivity contribution in [2.24, 2.45) is 7.05 Å². The van der Waals surface area contributed by atoms with Crippen LogP contribution in [0.3, 0.4) is 0 Å². The van der Waals surface area contributed by atoms with Crippen molar-refractivity contribution in [3.63, 3.8) is 0 Å². The van der Waals surface area contributed by atoms with Gasteiger partial charge in [-0.3, -0.25) is 0 Å². The monoisotopic (exact) mass is 259 g/mol. The van der Waals surface area contributed by atoms with Gasteiger partial charge in [0, 0.05) is 18.8 Å². The van der Waals surface area contributed by atoms with Gasteiger partial charge in [-0.15, -0.1) is 0 Å². The summed E-state index contributed by atoms with van der Waals surface area (Å²) in [6.07, 6.45) is 3.66.